The van der Waals surface area contributed by atoms with Crippen molar-refractivity contribution < 1.29 is 9.84 Å². The first kappa shape index (κ1) is 10.0. The van der Waals surface area contributed by atoms with Gasteiger partial charge in [0.05, 0.1) is 23.3 Å². The van der Waals surface area contributed by atoms with E-state index in [-0.39, 0.29) is 5.92 Å². The van der Waals surface area contributed by atoms with Gasteiger partial charge in [-0.15, -0.1) is 5.10 Å². The van der Waals surface area contributed by atoms with Crippen LogP contribution in [0, 0.1) is 5.92 Å². The number of hydrogen-bond donors (Lipinski definition) is 1. The van der Waals surface area contributed by atoms with Gasteiger partial charge in [0.2, 0.25) is 0 Å². The van der Waals surface area contributed by atoms with Crippen LogP contribution in [0.15, 0.2) is 0 Å². The van der Waals surface area contributed by atoms with E-state index in [1.54, 1.807) is 0 Å². The van der Waals surface area contributed by atoms with Gasteiger partial charge < -0.3 is 9.84 Å². The monoisotopic (exact) mass is 214 g/mol. The highest BCUT2D eigenvalue weighted by Gasteiger charge is 2.28. The van der Waals surface area contributed by atoms with Crippen molar-refractivity contribution in [3.05, 3.63) is 10.6 Å². The van der Waals surface area contributed by atoms with Gasteiger partial charge >= 0.3 is 0 Å². The van der Waals surface area contributed by atoms with E-state index in [1.807, 2.05) is 6.92 Å². The molecule has 0 saturated carbocycles. The molecule has 2 rings (SSSR count). The summed E-state index contributed by atoms with van der Waals surface area (Å²) in [6.07, 6.45) is 1.33. The number of nitrogens with zero attached hydrogens (tertiary/aromatic N) is 2. The van der Waals surface area contributed by atoms with E-state index in [9.17, 15) is 5.11 Å². The average molecular weight is 214 g/mol. The minimum atomic E-state index is -0.438. The summed E-state index contributed by atoms with van der Waals surface area (Å²) in [4.78, 5) is 0.919. The molecule has 0 aromatic carbocycles. The Morgan fingerprint density at radius 2 is 2.57 bits per heavy atom. The quantitative estimate of drug-likeness (QED) is 0.820. The van der Waals surface area contributed by atoms with Crippen molar-refractivity contribution in [2.75, 3.05) is 13.2 Å². The molecular formula is C9H14N2O2S. The maximum absolute atomic E-state index is 10.1. The minimum Gasteiger partial charge on any atom is -0.387 e. The van der Waals surface area contributed by atoms with Gasteiger partial charge in [0.15, 0.2) is 0 Å². The molecule has 1 N–H and O–H groups in total. The van der Waals surface area contributed by atoms with Crippen molar-refractivity contribution in [2.24, 2.45) is 5.92 Å². The Kier molecular flexibility index (Phi) is 3.10. The predicted octanol–water partition coefficient (Wildman–Crippen LogP) is 1.17. The highest BCUT2D eigenvalue weighted by molar-refractivity contribution is 7.05. The summed E-state index contributed by atoms with van der Waals surface area (Å²) >= 11 is 1.30. The van der Waals surface area contributed by atoms with Gasteiger partial charge in [0, 0.05) is 12.5 Å². The van der Waals surface area contributed by atoms with Crippen LogP contribution < -0.4 is 0 Å². The van der Waals surface area contributed by atoms with Crippen molar-refractivity contribution in [2.45, 2.75) is 25.9 Å². The number of aromatic nitrogens is 2. The third-order valence-corrected chi connectivity index (χ3v) is 3.44. The molecule has 0 bridgehead atoms. The first-order chi connectivity index (χ1) is 6.83. The summed E-state index contributed by atoms with van der Waals surface area (Å²) in [5, 5.41) is 14.1. The molecule has 2 unspecified atom stereocenters. The molecule has 0 aliphatic carbocycles. The number of rotatable bonds is 3. The van der Waals surface area contributed by atoms with E-state index in [2.05, 4.69) is 9.59 Å². The van der Waals surface area contributed by atoms with Crippen molar-refractivity contribution in [3.63, 3.8) is 0 Å². The van der Waals surface area contributed by atoms with Crippen LogP contribution in [0.2, 0.25) is 0 Å². The smallest absolute Gasteiger partial charge is 0.0967 e. The van der Waals surface area contributed by atoms with E-state index in [1.165, 1.54) is 11.5 Å². The lowest BCUT2D eigenvalue weighted by Gasteiger charge is -2.14. The van der Waals surface area contributed by atoms with Gasteiger partial charge in [-0.2, -0.15) is 0 Å². The second-order valence-corrected chi connectivity index (χ2v) is 4.29. The van der Waals surface area contributed by atoms with E-state index >= 15 is 0 Å². The summed E-state index contributed by atoms with van der Waals surface area (Å²) in [6.45, 7) is 3.44. The average Bonchev–Trinajstić information content (AvgIpc) is 2.87. The van der Waals surface area contributed by atoms with E-state index in [0.717, 1.165) is 30.0 Å². The second-order valence-electron chi connectivity index (χ2n) is 3.51. The summed E-state index contributed by atoms with van der Waals surface area (Å²) < 4.78 is 9.13. The lowest BCUT2D eigenvalue weighted by molar-refractivity contribution is 0.0937. The molecule has 1 aliphatic rings. The third kappa shape index (κ3) is 1.80. The predicted molar refractivity (Wildman–Crippen MR) is 53.2 cm³/mol. The van der Waals surface area contributed by atoms with Crippen molar-refractivity contribution in [1.29, 1.82) is 0 Å². The van der Waals surface area contributed by atoms with E-state index < -0.39 is 6.10 Å². The van der Waals surface area contributed by atoms with Crippen LogP contribution in [-0.4, -0.2) is 27.9 Å². The minimum absolute atomic E-state index is 0.225. The molecule has 1 fully saturated rings. The normalized spacial score (nSPS) is 24.0. The Labute approximate surface area is 87.1 Å². The van der Waals surface area contributed by atoms with Crippen LogP contribution >= 0.6 is 11.5 Å². The third-order valence-electron chi connectivity index (χ3n) is 2.60. The highest BCUT2D eigenvalue weighted by atomic mass is 32.1. The van der Waals surface area contributed by atoms with Gasteiger partial charge in [-0.25, -0.2) is 0 Å². The number of aryl methyl sites for hydroxylation is 1. The molecule has 1 saturated heterocycles. The molecule has 0 spiro atoms. The van der Waals surface area contributed by atoms with Gasteiger partial charge in [0.1, 0.15) is 0 Å². The molecule has 78 valence electrons. The summed E-state index contributed by atoms with van der Waals surface area (Å²) in [6, 6.07) is 0. The summed E-state index contributed by atoms with van der Waals surface area (Å²) in [5.41, 5.74) is 0.925. The molecule has 0 radical (unpaired) electrons. The van der Waals surface area contributed by atoms with Crippen LogP contribution in [0.1, 0.15) is 30.0 Å². The van der Waals surface area contributed by atoms with Gasteiger partial charge in [-0.3, -0.25) is 0 Å². The molecule has 0 amide bonds. The van der Waals surface area contributed by atoms with Crippen LogP contribution in [-0.2, 0) is 11.2 Å². The molecule has 1 aromatic rings. The molecule has 14 heavy (non-hydrogen) atoms. The highest BCUT2D eigenvalue weighted by Crippen LogP contribution is 2.31. The first-order valence-corrected chi connectivity index (χ1v) is 5.67. The van der Waals surface area contributed by atoms with Crippen LogP contribution in [0.4, 0.5) is 0 Å². The van der Waals surface area contributed by atoms with Crippen LogP contribution in [0.3, 0.4) is 0 Å². The van der Waals surface area contributed by atoms with Crippen LogP contribution in [0.25, 0.3) is 0 Å². The Morgan fingerprint density at radius 3 is 3.21 bits per heavy atom. The molecule has 5 heteroatoms. The molecule has 4 nitrogen and oxygen atoms in total. The second kappa shape index (κ2) is 4.33. The topological polar surface area (TPSA) is 55.2 Å². The number of ether oxygens (including phenoxy) is 1. The number of aliphatic hydroxyl groups excluding tert-OH is 1. The summed E-state index contributed by atoms with van der Waals surface area (Å²) in [7, 11) is 0. The van der Waals surface area contributed by atoms with Crippen molar-refractivity contribution in [1.82, 2.24) is 9.59 Å². The Balaban J connectivity index is 2.12. The zero-order chi connectivity index (χ0) is 9.97. The van der Waals surface area contributed by atoms with Gasteiger partial charge in [-0.05, 0) is 24.4 Å². The maximum Gasteiger partial charge on any atom is 0.0967 e. The van der Waals surface area contributed by atoms with Crippen LogP contribution in [0.5, 0.6) is 0 Å². The zero-order valence-corrected chi connectivity index (χ0v) is 8.96. The van der Waals surface area contributed by atoms with E-state index in [4.69, 9.17) is 4.74 Å². The molecule has 2 atom stereocenters. The molecule has 2 heterocycles. The zero-order valence-electron chi connectivity index (χ0n) is 8.14. The van der Waals surface area contributed by atoms with Crippen molar-refractivity contribution in [3.8, 4) is 0 Å². The maximum atomic E-state index is 10.1. The largest absolute Gasteiger partial charge is 0.387 e. The first-order valence-electron chi connectivity index (χ1n) is 4.90. The Morgan fingerprint density at radius 1 is 1.71 bits per heavy atom. The van der Waals surface area contributed by atoms with Gasteiger partial charge in [0.25, 0.3) is 0 Å². The fourth-order valence-corrected chi connectivity index (χ4v) is 2.52. The number of hydrogen-bond acceptors (Lipinski definition) is 5. The van der Waals surface area contributed by atoms with Gasteiger partial charge in [-0.1, -0.05) is 11.4 Å². The van der Waals surface area contributed by atoms with E-state index in [0.29, 0.717) is 6.61 Å². The standard InChI is InChI=1S/C9H14N2O2S/c1-2-7-9(14-11-10-7)8(12)6-3-4-13-5-6/h6,8,12H,2-5H2,1H3. The summed E-state index contributed by atoms with van der Waals surface area (Å²) in [5.74, 6) is 0.225. The fraction of sp³-hybridized carbons (Fsp3) is 0.778. The molecule has 1 aliphatic heterocycles. The molecular weight excluding hydrogens is 200 g/mol. The Bertz CT molecular complexity index is 297. The lowest BCUT2D eigenvalue weighted by atomic mass is 9.99. The Hall–Kier alpha value is -0.520. The number of aliphatic hydroxyl groups is 1. The SMILES string of the molecule is CCc1nnsc1C(O)C1CCOC1. The lowest BCUT2D eigenvalue weighted by Crippen LogP contribution is -2.12. The molecule has 1 aromatic heterocycles. The fourth-order valence-electron chi connectivity index (χ4n) is 1.70. The van der Waals surface area contributed by atoms with Crippen molar-refractivity contribution >= 4 is 11.5 Å².